The maximum atomic E-state index is 12.7. The van der Waals surface area contributed by atoms with Crippen LogP contribution in [0.4, 0.5) is 5.69 Å². The predicted octanol–water partition coefficient (Wildman–Crippen LogP) is 4.40. The van der Waals surface area contributed by atoms with Crippen LogP contribution < -0.4 is 10.1 Å². The fourth-order valence-corrected chi connectivity index (χ4v) is 3.16. The number of nitrogens with one attached hydrogen (secondary N) is 1. The Hall–Kier alpha value is -1.55. The van der Waals surface area contributed by atoms with Gasteiger partial charge in [-0.2, -0.15) is 0 Å². The summed E-state index contributed by atoms with van der Waals surface area (Å²) in [6, 6.07) is 7.55. The first-order valence-corrected chi connectivity index (χ1v) is 8.62. The number of hydrogen-bond donors (Lipinski definition) is 1. The van der Waals surface area contributed by atoms with Crippen molar-refractivity contribution in [3.05, 3.63) is 24.3 Å². The van der Waals surface area contributed by atoms with Gasteiger partial charge in [-0.05, 0) is 62.8 Å². The van der Waals surface area contributed by atoms with Crippen molar-refractivity contribution in [1.29, 1.82) is 0 Å². The molecule has 1 saturated carbocycles. The van der Waals surface area contributed by atoms with Gasteiger partial charge >= 0.3 is 0 Å². The lowest BCUT2D eigenvalue weighted by Gasteiger charge is -2.37. The Balaban J connectivity index is 2.01. The summed E-state index contributed by atoms with van der Waals surface area (Å²) in [4.78, 5) is 12.7. The molecule has 0 saturated heterocycles. The van der Waals surface area contributed by atoms with Crippen LogP contribution in [-0.2, 0) is 9.53 Å². The highest BCUT2D eigenvalue weighted by Gasteiger charge is 2.41. The van der Waals surface area contributed by atoms with Crippen LogP contribution in [0.15, 0.2) is 24.3 Å². The third kappa shape index (κ3) is 4.47. The SMILES string of the molecule is CC[C@H](C)Oc1ccc(NC(=O)[C@]2(OC)CCC[C@H](C)C2)cc1. The highest BCUT2D eigenvalue weighted by molar-refractivity contribution is 5.97. The monoisotopic (exact) mass is 319 g/mol. The Morgan fingerprint density at radius 3 is 2.65 bits per heavy atom. The number of carbonyl (C=O) groups excluding carboxylic acids is 1. The fourth-order valence-electron chi connectivity index (χ4n) is 3.16. The Morgan fingerprint density at radius 2 is 2.09 bits per heavy atom. The van der Waals surface area contributed by atoms with E-state index >= 15 is 0 Å². The highest BCUT2D eigenvalue weighted by atomic mass is 16.5. The van der Waals surface area contributed by atoms with Crippen LogP contribution in [0.3, 0.4) is 0 Å². The van der Waals surface area contributed by atoms with Gasteiger partial charge in [0.1, 0.15) is 11.4 Å². The molecule has 0 heterocycles. The van der Waals surface area contributed by atoms with E-state index in [0.717, 1.165) is 37.1 Å². The van der Waals surface area contributed by atoms with Gasteiger partial charge in [-0.15, -0.1) is 0 Å². The molecule has 0 aromatic heterocycles. The number of carbonyl (C=O) groups is 1. The fraction of sp³-hybridized carbons (Fsp3) is 0.632. The van der Waals surface area contributed by atoms with Gasteiger partial charge in [0, 0.05) is 12.8 Å². The standard InChI is InChI=1S/C19H29NO3/c1-5-15(3)23-17-10-8-16(9-11-17)20-18(21)19(22-4)12-6-7-14(2)13-19/h8-11,14-15H,5-7,12-13H2,1-4H3,(H,20,21)/t14-,15-,19-/m0/s1. The summed E-state index contributed by atoms with van der Waals surface area (Å²) in [6.07, 6.45) is 4.92. The summed E-state index contributed by atoms with van der Waals surface area (Å²) in [5.74, 6) is 1.30. The van der Waals surface area contributed by atoms with E-state index in [4.69, 9.17) is 9.47 Å². The van der Waals surface area contributed by atoms with E-state index in [0.29, 0.717) is 5.92 Å². The molecule has 1 aliphatic carbocycles. The van der Waals surface area contributed by atoms with Gasteiger partial charge < -0.3 is 14.8 Å². The molecule has 0 spiro atoms. The summed E-state index contributed by atoms with van der Waals surface area (Å²) >= 11 is 0. The molecule has 1 aromatic carbocycles. The van der Waals surface area contributed by atoms with E-state index in [1.54, 1.807) is 7.11 Å². The van der Waals surface area contributed by atoms with E-state index in [2.05, 4.69) is 19.2 Å². The third-order valence-electron chi connectivity index (χ3n) is 4.78. The number of methoxy groups -OCH3 is 1. The average molecular weight is 319 g/mol. The largest absolute Gasteiger partial charge is 0.491 e. The lowest BCUT2D eigenvalue weighted by Crippen LogP contribution is -2.47. The normalized spacial score (nSPS) is 25.7. The first kappa shape index (κ1) is 17.8. The Kier molecular flexibility index (Phi) is 6.05. The molecule has 1 amide bonds. The first-order valence-electron chi connectivity index (χ1n) is 8.62. The Morgan fingerprint density at radius 1 is 1.39 bits per heavy atom. The van der Waals surface area contributed by atoms with Crippen molar-refractivity contribution >= 4 is 11.6 Å². The van der Waals surface area contributed by atoms with Gasteiger partial charge in [0.25, 0.3) is 5.91 Å². The molecule has 3 atom stereocenters. The predicted molar refractivity (Wildman–Crippen MR) is 92.8 cm³/mol. The van der Waals surface area contributed by atoms with Gasteiger partial charge in [0.15, 0.2) is 0 Å². The van der Waals surface area contributed by atoms with Crippen LogP contribution in [0.1, 0.15) is 52.9 Å². The molecule has 4 nitrogen and oxygen atoms in total. The number of benzene rings is 1. The van der Waals surface area contributed by atoms with Gasteiger partial charge in [0.2, 0.25) is 0 Å². The van der Waals surface area contributed by atoms with Crippen LogP contribution in [-0.4, -0.2) is 24.7 Å². The van der Waals surface area contributed by atoms with E-state index in [9.17, 15) is 4.79 Å². The molecule has 0 radical (unpaired) electrons. The van der Waals surface area contributed by atoms with Gasteiger partial charge in [-0.25, -0.2) is 0 Å². The molecule has 4 heteroatoms. The summed E-state index contributed by atoms with van der Waals surface area (Å²) in [5.41, 5.74) is 0.0879. The molecule has 128 valence electrons. The summed E-state index contributed by atoms with van der Waals surface area (Å²) in [6.45, 7) is 6.32. The molecular weight excluding hydrogens is 290 g/mol. The molecule has 1 aromatic rings. The van der Waals surface area contributed by atoms with Gasteiger partial charge in [0.05, 0.1) is 6.10 Å². The quantitative estimate of drug-likeness (QED) is 0.845. The zero-order chi connectivity index (χ0) is 16.9. The van der Waals surface area contributed by atoms with Crippen molar-refractivity contribution in [3.8, 4) is 5.75 Å². The maximum Gasteiger partial charge on any atom is 0.256 e. The zero-order valence-electron chi connectivity index (χ0n) is 14.7. The molecule has 0 unspecified atom stereocenters. The lowest BCUT2D eigenvalue weighted by molar-refractivity contribution is -0.143. The van der Waals surface area contributed by atoms with Crippen LogP contribution >= 0.6 is 0 Å². The topological polar surface area (TPSA) is 47.6 Å². The highest BCUT2D eigenvalue weighted by Crippen LogP contribution is 2.35. The number of rotatable bonds is 6. The Labute approximate surface area is 139 Å². The van der Waals surface area contributed by atoms with Crippen LogP contribution in [0.2, 0.25) is 0 Å². The summed E-state index contributed by atoms with van der Waals surface area (Å²) in [7, 11) is 1.64. The molecule has 2 rings (SSSR count). The van der Waals surface area contributed by atoms with Crippen LogP contribution in [0.25, 0.3) is 0 Å². The number of ether oxygens (including phenoxy) is 2. The third-order valence-corrected chi connectivity index (χ3v) is 4.78. The first-order chi connectivity index (χ1) is 11.0. The smallest absolute Gasteiger partial charge is 0.256 e. The second-order valence-electron chi connectivity index (χ2n) is 6.72. The van der Waals surface area contributed by atoms with Crippen molar-refractivity contribution in [2.45, 2.75) is 64.6 Å². The van der Waals surface area contributed by atoms with E-state index in [1.165, 1.54) is 6.42 Å². The molecule has 1 aliphatic rings. The molecule has 23 heavy (non-hydrogen) atoms. The molecular formula is C19H29NO3. The maximum absolute atomic E-state index is 12.7. The molecule has 1 fully saturated rings. The summed E-state index contributed by atoms with van der Waals surface area (Å²) in [5, 5.41) is 3.00. The Bertz CT molecular complexity index is 514. The number of anilines is 1. The number of amides is 1. The zero-order valence-corrected chi connectivity index (χ0v) is 14.7. The van der Waals surface area contributed by atoms with E-state index in [1.807, 2.05) is 31.2 Å². The minimum atomic E-state index is -0.691. The van der Waals surface area contributed by atoms with E-state index < -0.39 is 5.60 Å². The van der Waals surface area contributed by atoms with Gasteiger partial charge in [-0.1, -0.05) is 20.3 Å². The molecule has 0 aliphatic heterocycles. The number of hydrogen-bond acceptors (Lipinski definition) is 3. The minimum absolute atomic E-state index is 0.0397. The molecule has 0 bridgehead atoms. The van der Waals surface area contributed by atoms with Crippen molar-refractivity contribution in [2.75, 3.05) is 12.4 Å². The average Bonchev–Trinajstić information content (AvgIpc) is 2.56. The second kappa shape index (κ2) is 7.82. The van der Waals surface area contributed by atoms with Crippen LogP contribution in [0.5, 0.6) is 5.75 Å². The van der Waals surface area contributed by atoms with Crippen molar-refractivity contribution in [3.63, 3.8) is 0 Å². The van der Waals surface area contributed by atoms with E-state index in [-0.39, 0.29) is 12.0 Å². The van der Waals surface area contributed by atoms with Crippen LogP contribution in [0, 0.1) is 5.92 Å². The molecule has 1 N–H and O–H groups in total. The summed E-state index contributed by atoms with van der Waals surface area (Å²) < 4.78 is 11.4. The van der Waals surface area contributed by atoms with Crippen molar-refractivity contribution < 1.29 is 14.3 Å². The van der Waals surface area contributed by atoms with Crippen molar-refractivity contribution in [2.24, 2.45) is 5.92 Å². The van der Waals surface area contributed by atoms with Gasteiger partial charge in [-0.3, -0.25) is 4.79 Å². The lowest BCUT2D eigenvalue weighted by atomic mass is 9.78. The second-order valence-corrected chi connectivity index (χ2v) is 6.72. The minimum Gasteiger partial charge on any atom is -0.491 e. The van der Waals surface area contributed by atoms with Crippen molar-refractivity contribution in [1.82, 2.24) is 0 Å².